The minimum Gasteiger partial charge on any atom is -0.340 e. The monoisotopic (exact) mass is 327 g/mol. The smallest absolute Gasteiger partial charge is 0.271 e. The summed E-state index contributed by atoms with van der Waals surface area (Å²) in [6, 6.07) is 2.19. The molecule has 0 aliphatic carbocycles. The quantitative estimate of drug-likeness (QED) is 0.906. The van der Waals surface area contributed by atoms with E-state index >= 15 is 0 Å². The third-order valence-electron chi connectivity index (χ3n) is 3.64. The zero-order chi connectivity index (χ0) is 14.2. The normalized spacial score (nSPS) is 18.9. The van der Waals surface area contributed by atoms with E-state index in [4.69, 9.17) is 0 Å². The topological polar surface area (TPSA) is 37.3 Å². The van der Waals surface area contributed by atoms with Gasteiger partial charge in [-0.25, -0.2) is 0 Å². The number of piperazine rings is 1. The fraction of sp³-hybridized carbons (Fsp3) is 0.643. The van der Waals surface area contributed by atoms with Gasteiger partial charge in [0.2, 0.25) is 0 Å². The maximum absolute atomic E-state index is 12.8. The molecule has 2 rings (SSSR count). The van der Waals surface area contributed by atoms with Crippen LogP contribution in [0.2, 0.25) is 0 Å². The molecule has 1 fully saturated rings. The number of aromatic nitrogens is 1. The molecule has 5 heteroatoms. The van der Waals surface area contributed by atoms with E-state index in [0.29, 0.717) is 0 Å². The van der Waals surface area contributed by atoms with Gasteiger partial charge in [0.15, 0.2) is 0 Å². The molecular weight excluding hydrogens is 306 g/mol. The van der Waals surface area contributed by atoms with Crippen molar-refractivity contribution in [3.8, 4) is 0 Å². The third kappa shape index (κ3) is 2.87. The molecule has 0 unspecified atom stereocenters. The number of nitrogens with zero attached hydrogens (tertiary/aromatic N) is 2. The summed E-state index contributed by atoms with van der Waals surface area (Å²) in [7, 11) is 0. The molecule has 106 valence electrons. The van der Waals surface area contributed by atoms with Crippen molar-refractivity contribution < 1.29 is 4.79 Å². The lowest BCUT2D eigenvalue weighted by atomic mass is 9.99. The number of hydrogen-bond donors (Lipinski definition) is 1. The van der Waals surface area contributed by atoms with Crippen molar-refractivity contribution >= 4 is 21.8 Å². The van der Waals surface area contributed by atoms with Crippen molar-refractivity contribution in [2.75, 3.05) is 19.6 Å². The summed E-state index contributed by atoms with van der Waals surface area (Å²) in [5.74, 6) is 0.117. The molecule has 0 radical (unpaired) electrons. The van der Waals surface area contributed by atoms with Crippen LogP contribution in [0.25, 0.3) is 0 Å². The van der Waals surface area contributed by atoms with Crippen LogP contribution in [-0.2, 0) is 0 Å². The predicted octanol–water partition coefficient (Wildman–Crippen LogP) is 2.66. The Hall–Kier alpha value is -0.810. The van der Waals surface area contributed by atoms with Gasteiger partial charge in [-0.15, -0.1) is 0 Å². The second-order valence-corrected chi connectivity index (χ2v) is 6.91. The first-order valence-electron chi connectivity index (χ1n) is 6.73. The highest BCUT2D eigenvalue weighted by Gasteiger charge is 2.35. The van der Waals surface area contributed by atoms with Crippen molar-refractivity contribution in [2.24, 2.45) is 0 Å². The van der Waals surface area contributed by atoms with Gasteiger partial charge in [-0.1, -0.05) is 0 Å². The molecule has 1 amide bonds. The number of carbonyl (C=O) groups is 1. The van der Waals surface area contributed by atoms with Crippen LogP contribution in [0.3, 0.4) is 0 Å². The number of amides is 1. The van der Waals surface area contributed by atoms with E-state index in [1.165, 1.54) is 0 Å². The van der Waals surface area contributed by atoms with E-state index < -0.39 is 0 Å². The van der Waals surface area contributed by atoms with Crippen molar-refractivity contribution in [2.45, 2.75) is 39.3 Å². The highest BCUT2D eigenvalue weighted by Crippen LogP contribution is 2.24. The highest BCUT2D eigenvalue weighted by atomic mass is 79.9. The maximum atomic E-state index is 12.8. The molecule has 0 aromatic carbocycles. The van der Waals surface area contributed by atoms with Crippen LogP contribution in [-0.4, -0.2) is 40.5 Å². The fourth-order valence-corrected chi connectivity index (χ4v) is 2.98. The maximum Gasteiger partial charge on any atom is 0.271 e. The van der Waals surface area contributed by atoms with Gasteiger partial charge < -0.3 is 14.8 Å². The first-order valence-corrected chi connectivity index (χ1v) is 7.52. The standard InChI is InChI=1S/C14H22BrN3O/c1-10(2)17-8-11(15)7-12(17)13(19)18-6-5-16-9-14(18,3)4/h7-8,10,16H,5-6,9H2,1-4H3. The van der Waals surface area contributed by atoms with Crippen molar-refractivity contribution in [1.29, 1.82) is 0 Å². The van der Waals surface area contributed by atoms with E-state index in [-0.39, 0.29) is 17.5 Å². The van der Waals surface area contributed by atoms with E-state index in [2.05, 4.69) is 48.9 Å². The third-order valence-corrected chi connectivity index (χ3v) is 4.07. The number of carbonyl (C=O) groups excluding carboxylic acids is 1. The van der Waals surface area contributed by atoms with Crippen molar-refractivity contribution in [3.63, 3.8) is 0 Å². The predicted molar refractivity (Wildman–Crippen MR) is 80.5 cm³/mol. The van der Waals surface area contributed by atoms with Crippen LogP contribution in [0.15, 0.2) is 16.7 Å². The molecule has 0 spiro atoms. The minimum atomic E-state index is -0.145. The molecule has 1 aromatic heterocycles. The Morgan fingerprint density at radius 1 is 1.47 bits per heavy atom. The average Bonchev–Trinajstić information content (AvgIpc) is 2.70. The van der Waals surface area contributed by atoms with Crippen LogP contribution in [0.5, 0.6) is 0 Å². The van der Waals surface area contributed by atoms with E-state index in [9.17, 15) is 4.79 Å². The zero-order valence-corrected chi connectivity index (χ0v) is 13.6. The lowest BCUT2D eigenvalue weighted by Crippen LogP contribution is -2.60. The lowest BCUT2D eigenvalue weighted by molar-refractivity contribution is 0.0465. The molecule has 1 N–H and O–H groups in total. The van der Waals surface area contributed by atoms with E-state index in [1.54, 1.807) is 0 Å². The zero-order valence-electron chi connectivity index (χ0n) is 12.0. The van der Waals surface area contributed by atoms with Crippen molar-refractivity contribution in [1.82, 2.24) is 14.8 Å². The first kappa shape index (κ1) is 14.6. The summed E-state index contributed by atoms with van der Waals surface area (Å²) in [5, 5.41) is 3.34. The molecule has 4 nitrogen and oxygen atoms in total. The number of nitrogens with one attached hydrogen (secondary N) is 1. The molecule has 1 aromatic rings. The van der Waals surface area contributed by atoms with E-state index in [0.717, 1.165) is 29.8 Å². The molecule has 0 bridgehead atoms. The molecule has 1 aliphatic rings. The molecule has 1 saturated heterocycles. The summed E-state index contributed by atoms with van der Waals surface area (Å²) in [5.41, 5.74) is 0.616. The summed E-state index contributed by atoms with van der Waals surface area (Å²) in [6.07, 6.45) is 1.98. The Bertz CT molecular complexity index is 479. The van der Waals surface area contributed by atoms with Crippen LogP contribution in [0.1, 0.15) is 44.2 Å². The van der Waals surface area contributed by atoms with Gasteiger partial charge in [0.05, 0.1) is 5.54 Å². The van der Waals surface area contributed by atoms with Gasteiger partial charge in [-0.05, 0) is 49.7 Å². The average molecular weight is 328 g/mol. The van der Waals surface area contributed by atoms with Crippen LogP contribution >= 0.6 is 15.9 Å². The Morgan fingerprint density at radius 3 is 2.74 bits per heavy atom. The molecular formula is C14H22BrN3O. The Labute approximate surface area is 123 Å². The molecule has 0 saturated carbocycles. The lowest BCUT2D eigenvalue weighted by Gasteiger charge is -2.43. The molecule has 19 heavy (non-hydrogen) atoms. The Balaban J connectivity index is 2.33. The minimum absolute atomic E-state index is 0.117. The van der Waals surface area contributed by atoms with Gasteiger partial charge in [-0.3, -0.25) is 4.79 Å². The van der Waals surface area contributed by atoms with E-state index in [1.807, 2.05) is 21.7 Å². The second kappa shape index (κ2) is 5.29. The van der Waals surface area contributed by atoms with Crippen LogP contribution in [0, 0.1) is 0 Å². The van der Waals surface area contributed by atoms with Gasteiger partial charge in [0, 0.05) is 36.3 Å². The first-order chi connectivity index (χ1) is 8.83. The highest BCUT2D eigenvalue weighted by molar-refractivity contribution is 9.10. The largest absolute Gasteiger partial charge is 0.340 e. The Kier molecular flexibility index (Phi) is 4.06. The number of hydrogen-bond acceptors (Lipinski definition) is 2. The summed E-state index contributed by atoms with van der Waals surface area (Å²) >= 11 is 3.47. The molecule has 1 aliphatic heterocycles. The summed E-state index contributed by atoms with van der Waals surface area (Å²) < 4.78 is 2.99. The summed E-state index contributed by atoms with van der Waals surface area (Å²) in [6.45, 7) is 10.8. The molecule has 0 atom stereocenters. The number of halogens is 1. The fourth-order valence-electron chi connectivity index (χ4n) is 2.54. The SMILES string of the molecule is CC(C)n1cc(Br)cc1C(=O)N1CCNCC1(C)C. The summed E-state index contributed by atoms with van der Waals surface area (Å²) in [4.78, 5) is 14.8. The van der Waals surface area contributed by atoms with Gasteiger partial charge in [0.1, 0.15) is 5.69 Å². The van der Waals surface area contributed by atoms with Gasteiger partial charge in [0.25, 0.3) is 5.91 Å². The van der Waals surface area contributed by atoms with Crippen molar-refractivity contribution in [3.05, 3.63) is 22.4 Å². The number of rotatable bonds is 2. The van der Waals surface area contributed by atoms with Gasteiger partial charge >= 0.3 is 0 Å². The molecule has 2 heterocycles. The van der Waals surface area contributed by atoms with Gasteiger partial charge in [-0.2, -0.15) is 0 Å². The van der Waals surface area contributed by atoms with Crippen LogP contribution < -0.4 is 5.32 Å². The second-order valence-electron chi connectivity index (χ2n) is 5.99. The Morgan fingerprint density at radius 2 is 2.16 bits per heavy atom. The van der Waals surface area contributed by atoms with Crippen LogP contribution in [0.4, 0.5) is 0 Å².